The van der Waals surface area contributed by atoms with E-state index < -0.39 is 0 Å². The van der Waals surface area contributed by atoms with Gasteiger partial charge in [-0.15, -0.1) is 0 Å². The van der Waals surface area contributed by atoms with E-state index >= 15 is 0 Å². The van der Waals surface area contributed by atoms with E-state index in [4.69, 9.17) is 5.11 Å². The van der Waals surface area contributed by atoms with Crippen molar-refractivity contribution in [3.63, 3.8) is 0 Å². The third-order valence-corrected chi connectivity index (χ3v) is 2.10. The second-order valence-electron chi connectivity index (χ2n) is 3.55. The molecule has 0 saturated heterocycles. The van der Waals surface area contributed by atoms with Crippen LogP contribution in [0.15, 0.2) is 0 Å². The Morgan fingerprint density at radius 2 is 1.69 bits per heavy atom. The van der Waals surface area contributed by atoms with Gasteiger partial charge < -0.3 is 10.0 Å². The normalized spacial score (nSPS) is 10.5. The summed E-state index contributed by atoms with van der Waals surface area (Å²) in [6, 6.07) is 0. The second-order valence-corrected chi connectivity index (χ2v) is 3.55. The summed E-state index contributed by atoms with van der Waals surface area (Å²) in [6.07, 6.45) is 1.04. The smallest absolute Gasteiger partial charge is 0.142 e. The fourth-order valence-corrected chi connectivity index (χ4v) is 1.05. The third-order valence-electron chi connectivity index (χ3n) is 2.10. The van der Waals surface area contributed by atoms with E-state index in [1.807, 2.05) is 6.92 Å². The molecule has 0 saturated carbocycles. The summed E-state index contributed by atoms with van der Waals surface area (Å²) in [4.78, 5) is 3.50. The number of nitrogens with zero attached hydrogens (tertiary/aromatic N) is 2. The molecule has 0 aliphatic carbocycles. The number of hydrogen-bond donors (Lipinski definition) is 1. The molecule has 0 atom stereocenters. The first-order valence-corrected chi connectivity index (χ1v) is 5.79. The highest BCUT2D eigenvalue weighted by atomic mass is 19.1. The van der Waals surface area contributed by atoms with Crippen LogP contribution in [0, 0.1) is 0 Å². The van der Waals surface area contributed by atoms with Crippen LogP contribution in [0.1, 0.15) is 20.3 Å². The van der Waals surface area contributed by atoms with E-state index in [1.54, 1.807) is 16.8 Å². The predicted octanol–water partition coefficient (Wildman–Crippen LogP) is 1.53. The van der Waals surface area contributed by atoms with Gasteiger partial charge in [0, 0.05) is 19.6 Å². The number of alkyl halides is 2. The van der Waals surface area contributed by atoms with Crippen molar-refractivity contribution < 1.29 is 13.9 Å². The van der Waals surface area contributed by atoms with Crippen molar-refractivity contribution in [1.82, 2.24) is 9.80 Å². The van der Waals surface area contributed by atoms with Crippen LogP contribution >= 0.6 is 0 Å². The van der Waals surface area contributed by atoms with Crippen LogP contribution in [0.2, 0.25) is 0 Å². The van der Waals surface area contributed by atoms with E-state index in [9.17, 15) is 8.78 Å². The average molecular weight is 240 g/mol. The summed E-state index contributed by atoms with van der Waals surface area (Å²) >= 11 is 0. The Morgan fingerprint density at radius 1 is 1.06 bits per heavy atom. The molecular weight excluding hydrogens is 214 g/mol. The van der Waals surface area contributed by atoms with Crippen LogP contribution in [0.3, 0.4) is 0 Å². The maximum Gasteiger partial charge on any atom is 0.142 e. The standard InChI is InChI=1S/C6H14FN.C5H12FNO/c1-3-5-8(4-2)6-7;1-7(3-2-6)4-5-8/h3-6H2,1-2H3;8H,2-5H2,1H3. The number of halogens is 2. The molecule has 0 amide bonds. The SMILES string of the molecule is CCCN(CC)CF.CN(CCO)CCF. The van der Waals surface area contributed by atoms with E-state index in [2.05, 4.69) is 6.92 Å². The van der Waals surface area contributed by atoms with E-state index in [0.717, 1.165) is 19.5 Å². The van der Waals surface area contributed by atoms with Crippen molar-refractivity contribution in [2.45, 2.75) is 20.3 Å². The zero-order valence-corrected chi connectivity index (χ0v) is 10.8. The lowest BCUT2D eigenvalue weighted by molar-refractivity contribution is 0.194. The monoisotopic (exact) mass is 240 g/mol. The Hall–Kier alpha value is -0.260. The minimum Gasteiger partial charge on any atom is -0.395 e. The Kier molecular flexibility index (Phi) is 16.7. The molecule has 0 aliphatic rings. The van der Waals surface area contributed by atoms with Gasteiger partial charge in [0.25, 0.3) is 0 Å². The quantitative estimate of drug-likeness (QED) is 0.652. The Balaban J connectivity index is 0. The summed E-state index contributed by atoms with van der Waals surface area (Å²) in [5, 5.41) is 8.30. The summed E-state index contributed by atoms with van der Waals surface area (Å²) in [5.74, 6) is 0. The molecule has 3 nitrogen and oxygen atoms in total. The van der Waals surface area contributed by atoms with Gasteiger partial charge in [-0.3, -0.25) is 4.90 Å². The molecule has 0 heterocycles. The second kappa shape index (κ2) is 14.7. The molecule has 0 aromatic carbocycles. The number of hydrogen-bond acceptors (Lipinski definition) is 3. The fourth-order valence-electron chi connectivity index (χ4n) is 1.05. The van der Waals surface area contributed by atoms with Crippen molar-refractivity contribution in [3.8, 4) is 0 Å². The molecule has 0 bridgehead atoms. The van der Waals surface area contributed by atoms with Crippen LogP contribution in [-0.4, -0.2) is 68.2 Å². The summed E-state index contributed by atoms with van der Waals surface area (Å²) in [6.45, 7) is 6.17. The molecule has 100 valence electrons. The number of aliphatic hydroxyl groups is 1. The zero-order valence-electron chi connectivity index (χ0n) is 10.8. The zero-order chi connectivity index (χ0) is 12.8. The Labute approximate surface area is 98.0 Å². The van der Waals surface area contributed by atoms with Gasteiger partial charge in [-0.25, -0.2) is 8.78 Å². The summed E-state index contributed by atoms with van der Waals surface area (Å²) in [5.41, 5.74) is 0. The molecule has 0 spiro atoms. The molecule has 5 heteroatoms. The lowest BCUT2D eigenvalue weighted by atomic mass is 10.4. The minimum absolute atomic E-state index is 0.108. The van der Waals surface area contributed by atoms with Gasteiger partial charge in [0.15, 0.2) is 0 Å². The van der Waals surface area contributed by atoms with Crippen LogP contribution in [0.25, 0.3) is 0 Å². The lowest BCUT2D eigenvalue weighted by Gasteiger charge is -2.13. The first-order valence-electron chi connectivity index (χ1n) is 5.79. The number of likely N-dealkylation sites (N-methyl/N-ethyl adjacent to an activating group) is 1. The van der Waals surface area contributed by atoms with Gasteiger partial charge >= 0.3 is 0 Å². The molecular formula is C11H26F2N2O. The Morgan fingerprint density at radius 3 is 1.94 bits per heavy atom. The van der Waals surface area contributed by atoms with Gasteiger partial charge in [-0.05, 0) is 20.0 Å². The highest BCUT2D eigenvalue weighted by Gasteiger charge is 1.95. The Bertz CT molecular complexity index is 119. The molecule has 0 aliphatic heterocycles. The van der Waals surface area contributed by atoms with Gasteiger partial charge in [-0.1, -0.05) is 13.8 Å². The maximum atomic E-state index is 11.8. The van der Waals surface area contributed by atoms with Crippen LogP contribution in [-0.2, 0) is 0 Å². The van der Waals surface area contributed by atoms with Crippen molar-refractivity contribution in [3.05, 3.63) is 0 Å². The van der Waals surface area contributed by atoms with E-state index in [1.165, 1.54) is 0 Å². The summed E-state index contributed by atoms with van der Waals surface area (Å²) < 4.78 is 23.2. The van der Waals surface area contributed by atoms with Gasteiger partial charge in [0.05, 0.1) is 6.61 Å². The largest absolute Gasteiger partial charge is 0.395 e. The minimum atomic E-state index is -0.337. The molecule has 0 aromatic heterocycles. The van der Waals surface area contributed by atoms with Crippen LogP contribution < -0.4 is 0 Å². The van der Waals surface area contributed by atoms with Crippen molar-refractivity contribution in [2.24, 2.45) is 0 Å². The summed E-state index contributed by atoms with van der Waals surface area (Å²) in [7, 11) is 1.77. The maximum absolute atomic E-state index is 11.8. The highest BCUT2D eigenvalue weighted by Crippen LogP contribution is 1.88. The van der Waals surface area contributed by atoms with E-state index in [-0.39, 0.29) is 20.1 Å². The lowest BCUT2D eigenvalue weighted by Crippen LogP contribution is -2.24. The van der Waals surface area contributed by atoms with Crippen LogP contribution in [0.4, 0.5) is 8.78 Å². The first-order chi connectivity index (χ1) is 7.65. The highest BCUT2D eigenvalue weighted by molar-refractivity contribution is 4.46. The van der Waals surface area contributed by atoms with Gasteiger partial charge in [0.1, 0.15) is 13.5 Å². The van der Waals surface area contributed by atoms with Gasteiger partial charge in [-0.2, -0.15) is 0 Å². The molecule has 0 rings (SSSR count). The van der Waals surface area contributed by atoms with Gasteiger partial charge in [0.2, 0.25) is 0 Å². The van der Waals surface area contributed by atoms with Crippen LogP contribution in [0.5, 0.6) is 0 Å². The van der Waals surface area contributed by atoms with E-state index in [0.29, 0.717) is 13.1 Å². The van der Waals surface area contributed by atoms with Crippen molar-refractivity contribution >= 4 is 0 Å². The molecule has 16 heavy (non-hydrogen) atoms. The number of rotatable bonds is 8. The molecule has 0 radical (unpaired) electrons. The average Bonchev–Trinajstić information content (AvgIpc) is 2.27. The topological polar surface area (TPSA) is 26.7 Å². The fraction of sp³-hybridized carbons (Fsp3) is 1.00. The number of aliphatic hydroxyl groups excluding tert-OH is 1. The molecule has 0 aromatic rings. The molecule has 0 fully saturated rings. The van der Waals surface area contributed by atoms with Crippen molar-refractivity contribution in [1.29, 1.82) is 0 Å². The molecule has 1 N–H and O–H groups in total. The van der Waals surface area contributed by atoms with Crippen molar-refractivity contribution in [2.75, 3.05) is 53.3 Å². The first kappa shape index (κ1) is 18.1. The predicted molar refractivity (Wildman–Crippen MR) is 64.1 cm³/mol. The molecule has 0 unspecified atom stereocenters. The third kappa shape index (κ3) is 13.7.